The van der Waals surface area contributed by atoms with Crippen LogP contribution < -0.4 is 0 Å². The summed E-state index contributed by atoms with van der Waals surface area (Å²) in [5.41, 5.74) is 0.836. The molecule has 1 N–H and O–H groups in total. The summed E-state index contributed by atoms with van der Waals surface area (Å²) in [7, 11) is 0. The number of nitrogens with zero attached hydrogens (tertiary/aromatic N) is 1. The summed E-state index contributed by atoms with van der Waals surface area (Å²) in [6.45, 7) is 1.55. The van der Waals surface area contributed by atoms with E-state index in [9.17, 15) is 14.3 Å². The van der Waals surface area contributed by atoms with Crippen molar-refractivity contribution in [3.63, 3.8) is 0 Å². The summed E-state index contributed by atoms with van der Waals surface area (Å²) in [6.07, 6.45) is 7.51. The first-order valence-corrected chi connectivity index (χ1v) is 7.91. The molecule has 4 heteroatoms. The third kappa shape index (κ3) is 3.10. The molecule has 2 fully saturated rings. The molecule has 21 heavy (non-hydrogen) atoms. The van der Waals surface area contributed by atoms with Gasteiger partial charge in [-0.1, -0.05) is 12.8 Å². The summed E-state index contributed by atoms with van der Waals surface area (Å²) in [5.74, 6) is -0.580. The van der Waals surface area contributed by atoms with E-state index in [1.165, 1.54) is 56.7 Å². The second kappa shape index (κ2) is 6.14. The molecule has 3 nitrogen and oxygen atoms in total. The first-order chi connectivity index (χ1) is 10.1. The molecule has 0 unspecified atom stereocenters. The minimum atomic E-state index is -0.970. The van der Waals surface area contributed by atoms with Gasteiger partial charge in [-0.25, -0.2) is 9.18 Å². The number of likely N-dealkylation sites (tertiary alicyclic amines) is 1. The largest absolute Gasteiger partial charge is 0.478 e. The Balaban J connectivity index is 1.82. The predicted molar refractivity (Wildman–Crippen MR) is 78.7 cm³/mol. The van der Waals surface area contributed by atoms with Crippen molar-refractivity contribution in [3.8, 4) is 0 Å². The van der Waals surface area contributed by atoms with E-state index in [0.29, 0.717) is 18.2 Å². The van der Waals surface area contributed by atoms with Crippen LogP contribution in [0, 0.1) is 11.7 Å². The fourth-order valence-electron chi connectivity index (χ4n) is 4.04. The second-order valence-electron chi connectivity index (χ2n) is 6.33. The maximum atomic E-state index is 13.5. The van der Waals surface area contributed by atoms with Crippen molar-refractivity contribution in [1.29, 1.82) is 0 Å². The average molecular weight is 291 g/mol. The van der Waals surface area contributed by atoms with Gasteiger partial charge in [0.25, 0.3) is 0 Å². The van der Waals surface area contributed by atoms with Crippen LogP contribution in [0.15, 0.2) is 18.2 Å². The highest BCUT2D eigenvalue weighted by Crippen LogP contribution is 2.36. The maximum absolute atomic E-state index is 13.5. The van der Waals surface area contributed by atoms with Gasteiger partial charge in [-0.2, -0.15) is 0 Å². The van der Waals surface area contributed by atoms with E-state index in [-0.39, 0.29) is 11.4 Å². The molecule has 1 saturated carbocycles. The molecule has 0 radical (unpaired) electrons. The smallest absolute Gasteiger partial charge is 0.336 e. The highest BCUT2D eigenvalue weighted by molar-refractivity contribution is 5.89. The first kappa shape index (κ1) is 14.5. The molecule has 0 bridgehead atoms. The normalized spacial score (nSPS) is 26.3. The molecule has 114 valence electrons. The van der Waals surface area contributed by atoms with Gasteiger partial charge >= 0.3 is 5.97 Å². The standard InChI is InChI=1S/C17H22FNO2/c18-14-7-8-15(17(20)21)13(10-14)11-19-9-3-5-12-4-1-2-6-16(12)19/h7-8,10,12,16H,1-6,9,11H2,(H,20,21)/t12-,16-/m1/s1. The van der Waals surface area contributed by atoms with Crippen molar-refractivity contribution in [2.45, 2.75) is 51.1 Å². The van der Waals surface area contributed by atoms with E-state index in [2.05, 4.69) is 4.90 Å². The number of benzene rings is 1. The third-order valence-corrected chi connectivity index (χ3v) is 5.03. The number of halogens is 1. The molecule has 1 aromatic carbocycles. The summed E-state index contributed by atoms with van der Waals surface area (Å²) in [4.78, 5) is 13.7. The van der Waals surface area contributed by atoms with E-state index in [0.717, 1.165) is 12.5 Å². The SMILES string of the molecule is O=C(O)c1ccc(F)cc1CN1CCC[C@H]2CCCC[C@H]21. The van der Waals surface area contributed by atoms with Crippen molar-refractivity contribution in [3.05, 3.63) is 35.1 Å². The van der Waals surface area contributed by atoms with Gasteiger partial charge in [-0.05, 0) is 61.9 Å². The highest BCUT2D eigenvalue weighted by Gasteiger charge is 2.33. The van der Waals surface area contributed by atoms with Crippen LogP contribution in [0.2, 0.25) is 0 Å². The van der Waals surface area contributed by atoms with E-state index < -0.39 is 5.97 Å². The molecular formula is C17H22FNO2. The maximum Gasteiger partial charge on any atom is 0.336 e. The molecule has 0 aromatic heterocycles. The van der Waals surface area contributed by atoms with Crippen LogP contribution in [0.25, 0.3) is 0 Å². The van der Waals surface area contributed by atoms with Gasteiger partial charge in [0.2, 0.25) is 0 Å². The number of carboxylic acid groups (broad SMARTS) is 1. The monoisotopic (exact) mass is 291 g/mol. The van der Waals surface area contributed by atoms with Crippen LogP contribution in [0.3, 0.4) is 0 Å². The Morgan fingerprint density at radius 2 is 2.00 bits per heavy atom. The van der Waals surface area contributed by atoms with Gasteiger partial charge in [0.15, 0.2) is 0 Å². The number of piperidine rings is 1. The van der Waals surface area contributed by atoms with Gasteiger partial charge in [0.05, 0.1) is 5.56 Å². The number of hydrogen-bond donors (Lipinski definition) is 1. The van der Waals surface area contributed by atoms with Gasteiger partial charge in [0, 0.05) is 12.6 Å². The number of hydrogen-bond acceptors (Lipinski definition) is 2. The Labute approximate surface area is 124 Å². The lowest BCUT2D eigenvalue weighted by Gasteiger charge is -2.44. The van der Waals surface area contributed by atoms with Crippen molar-refractivity contribution < 1.29 is 14.3 Å². The Morgan fingerprint density at radius 3 is 2.81 bits per heavy atom. The molecule has 1 aliphatic carbocycles. The van der Waals surface area contributed by atoms with Gasteiger partial charge in [-0.15, -0.1) is 0 Å². The minimum Gasteiger partial charge on any atom is -0.478 e. The second-order valence-corrected chi connectivity index (χ2v) is 6.33. The number of fused-ring (bicyclic) bond motifs is 1. The van der Waals surface area contributed by atoms with Crippen molar-refractivity contribution in [2.75, 3.05) is 6.54 Å². The number of rotatable bonds is 3. The molecule has 1 saturated heterocycles. The molecule has 3 rings (SSSR count). The Kier molecular flexibility index (Phi) is 4.24. The van der Waals surface area contributed by atoms with Crippen LogP contribution >= 0.6 is 0 Å². The third-order valence-electron chi connectivity index (χ3n) is 5.03. The fraction of sp³-hybridized carbons (Fsp3) is 0.588. The molecule has 0 spiro atoms. The lowest BCUT2D eigenvalue weighted by molar-refractivity contribution is 0.0534. The Morgan fingerprint density at radius 1 is 1.24 bits per heavy atom. The molecular weight excluding hydrogens is 269 g/mol. The van der Waals surface area contributed by atoms with Crippen LogP contribution in [0.1, 0.15) is 54.4 Å². The molecule has 2 aliphatic rings. The average Bonchev–Trinajstić information content (AvgIpc) is 2.47. The summed E-state index contributed by atoms with van der Waals surface area (Å²) in [6, 6.07) is 4.55. The van der Waals surface area contributed by atoms with E-state index in [1.807, 2.05) is 0 Å². The van der Waals surface area contributed by atoms with Crippen molar-refractivity contribution in [1.82, 2.24) is 4.90 Å². The lowest BCUT2D eigenvalue weighted by atomic mass is 9.78. The number of carbonyl (C=O) groups is 1. The van der Waals surface area contributed by atoms with Crippen LogP contribution in [0.5, 0.6) is 0 Å². The minimum absolute atomic E-state index is 0.231. The lowest BCUT2D eigenvalue weighted by Crippen LogP contribution is -2.46. The summed E-state index contributed by atoms with van der Waals surface area (Å²) >= 11 is 0. The quantitative estimate of drug-likeness (QED) is 0.923. The van der Waals surface area contributed by atoms with Gasteiger partial charge in [-0.3, -0.25) is 4.90 Å². The molecule has 2 atom stereocenters. The van der Waals surface area contributed by atoms with Crippen LogP contribution in [-0.4, -0.2) is 28.6 Å². The zero-order valence-electron chi connectivity index (χ0n) is 12.2. The fourth-order valence-corrected chi connectivity index (χ4v) is 4.04. The van der Waals surface area contributed by atoms with Gasteiger partial charge in [0.1, 0.15) is 5.82 Å². The van der Waals surface area contributed by atoms with Gasteiger partial charge < -0.3 is 5.11 Å². The topological polar surface area (TPSA) is 40.5 Å². The van der Waals surface area contributed by atoms with E-state index in [4.69, 9.17) is 0 Å². The van der Waals surface area contributed by atoms with E-state index in [1.54, 1.807) is 0 Å². The Hall–Kier alpha value is -1.42. The first-order valence-electron chi connectivity index (χ1n) is 7.91. The summed E-state index contributed by atoms with van der Waals surface area (Å²) in [5, 5.41) is 9.28. The molecule has 1 heterocycles. The molecule has 0 amide bonds. The zero-order chi connectivity index (χ0) is 14.8. The zero-order valence-corrected chi connectivity index (χ0v) is 12.2. The number of carboxylic acids is 1. The predicted octanol–water partition coefficient (Wildman–Crippen LogP) is 3.68. The number of aromatic carboxylic acids is 1. The highest BCUT2D eigenvalue weighted by atomic mass is 19.1. The van der Waals surface area contributed by atoms with E-state index >= 15 is 0 Å². The molecule has 1 aromatic rings. The van der Waals surface area contributed by atoms with Crippen LogP contribution in [-0.2, 0) is 6.54 Å². The van der Waals surface area contributed by atoms with Crippen molar-refractivity contribution in [2.24, 2.45) is 5.92 Å². The Bertz CT molecular complexity index is 530. The molecule has 1 aliphatic heterocycles. The van der Waals surface area contributed by atoms with Crippen LogP contribution in [0.4, 0.5) is 4.39 Å². The summed E-state index contributed by atoms with van der Waals surface area (Å²) < 4.78 is 13.5. The van der Waals surface area contributed by atoms with Crippen molar-refractivity contribution >= 4 is 5.97 Å².